The first-order chi connectivity index (χ1) is 12.7. The first-order valence-electron chi connectivity index (χ1n) is 8.87. The summed E-state index contributed by atoms with van der Waals surface area (Å²) in [5.41, 5.74) is 2.42. The van der Waals surface area contributed by atoms with E-state index in [0.29, 0.717) is 0 Å². The molecule has 0 aliphatic carbocycles. The van der Waals surface area contributed by atoms with Gasteiger partial charge in [0.15, 0.2) is 0 Å². The van der Waals surface area contributed by atoms with Crippen molar-refractivity contribution >= 4 is 39.5 Å². The van der Waals surface area contributed by atoms with Crippen molar-refractivity contribution in [3.05, 3.63) is 64.8 Å². The van der Waals surface area contributed by atoms with Crippen molar-refractivity contribution in [3.63, 3.8) is 0 Å². The van der Waals surface area contributed by atoms with Gasteiger partial charge in [0, 0.05) is 48.5 Å². The van der Waals surface area contributed by atoms with E-state index in [1.54, 1.807) is 11.3 Å². The van der Waals surface area contributed by atoms with Gasteiger partial charge in [-0.05, 0) is 42.3 Å². The van der Waals surface area contributed by atoms with E-state index >= 15 is 0 Å². The zero-order valence-corrected chi connectivity index (χ0v) is 16.5. The second kappa shape index (κ2) is 8.71. The minimum atomic E-state index is -0.176. The van der Waals surface area contributed by atoms with Gasteiger partial charge in [-0.15, -0.1) is 23.7 Å². The highest BCUT2D eigenvalue weighted by Crippen LogP contribution is 2.33. The molecule has 0 unspecified atom stereocenters. The standard InChI is InChI=1S/C21H20FN3S.ClH/c22-17-6-4-16(5-7-17)8-9-24-10-12-25(13-11-24)20-2-1-3-21-19(20)14-18(15-23)26-21;/h1-7,14H,8-13H2;1H. The maximum atomic E-state index is 13.0. The van der Waals surface area contributed by atoms with Crippen LogP contribution in [0.4, 0.5) is 10.1 Å². The Bertz CT molecular complexity index is 940. The molecule has 3 aromatic rings. The summed E-state index contributed by atoms with van der Waals surface area (Å²) in [4.78, 5) is 5.66. The summed E-state index contributed by atoms with van der Waals surface area (Å²) in [6.07, 6.45) is 0.950. The molecule has 2 heterocycles. The van der Waals surface area contributed by atoms with E-state index in [1.807, 2.05) is 18.2 Å². The highest BCUT2D eigenvalue weighted by Gasteiger charge is 2.19. The topological polar surface area (TPSA) is 30.3 Å². The molecular formula is C21H21ClFN3S. The Hall–Kier alpha value is -2.13. The van der Waals surface area contributed by atoms with Crippen molar-refractivity contribution in [2.45, 2.75) is 6.42 Å². The average molecular weight is 402 g/mol. The first-order valence-corrected chi connectivity index (χ1v) is 9.69. The number of nitriles is 1. The van der Waals surface area contributed by atoms with E-state index in [4.69, 9.17) is 5.26 Å². The van der Waals surface area contributed by atoms with Crippen LogP contribution in [0.5, 0.6) is 0 Å². The lowest BCUT2D eigenvalue weighted by Gasteiger charge is -2.36. The molecule has 1 aliphatic rings. The molecule has 1 aromatic heterocycles. The van der Waals surface area contributed by atoms with Crippen molar-refractivity contribution in [2.75, 3.05) is 37.6 Å². The Labute approximate surface area is 169 Å². The third-order valence-electron chi connectivity index (χ3n) is 4.99. The van der Waals surface area contributed by atoms with E-state index in [0.717, 1.165) is 44.0 Å². The SMILES string of the molecule is Cl.N#Cc1cc2c(N3CCN(CCc4ccc(F)cc4)CC3)cccc2s1. The number of anilines is 1. The molecular weight excluding hydrogens is 381 g/mol. The van der Waals surface area contributed by atoms with Crippen LogP contribution in [0.15, 0.2) is 48.5 Å². The Kier molecular flexibility index (Phi) is 6.33. The number of fused-ring (bicyclic) bond motifs is 1. The molecule has 2 aromatic carbocycles. The van der Waals surface area contributed by atoms with E-state index in [9.17, 15) is 4.39 Å². The van der Waals surface area contributed by atoms with E-state index in [-0.39, 0.29) is 18.2 Å². The van der Waals surface area contributed by atoms with Crippen molar-refractivity contribution in [1.82, 2.24) is 4.90 Å². The molecule has 0 saturated carbocycles. The molecule has 1 fully saturated rings. The summed E-state index contributed by atoms with van der Waals surface area (Å²) in [6, 6.07) is 17.4. The number of benzene rings is 2. The van der Waals surface area contributed by atoms with Gasteiger partial charge in [-0.1, -0.05) is 18.2 Å². The second-order valence-corrected chi connectivity index (χ2v) is 7.70. The first kappa shape index (κ1) is 19.6. The molecule has 0 N–H and O–H groups in total. The Morgan fingerprint density at radius 1 is 1.04 bits per heavy atom. The van der Waals surface area contributed by atoms with Gasteiger partial charge < -0.3 is 4.90 Å². The molecule has 140 valence electrons. The fourth-order valence-corrected chi connectivity index (χ4v) is 4.41. The number of halogens is 2. The number of piperazine rings is 1. The maximum Gasteiger partial charge on any atom is 0.123 e. The van der Waals surface area contributed by atoms with Gasteiger partial charge in [-0.2, -0.15) is 5.26 Å². The molecule has 4 rings (SSSR count). The number of nitrogens with zero attached hydrogens (tertiary/aromatic N) is 3. The molecule has 0 atom stereocenters. The summed E-state index contributed by atoms with van der Waals surface area (Å²) < 4.78 is 14.2. The van der Waals surface area contributed by atoms with Gasteiger partial charge in [0.25, 0.3) is 0 Å². The fourth-order valence-electron chi connectivity index (χ4n) is 3.53. The highest BCUT2D eigenvalue weighted by atomic mass is 35.5. The van der Waals surface area contributed by atoms with Crippen LogP contribution >= 0.6 is 23.7 Å². The van der Waals surface area contributed by atoms with Gasteiger partial charge in [0.05, 0.1) is 0 Å². The molecule has 6 heteroatoms. The molecule has 0 radical (unpaired) electrons. The summed E-state index contributed by atoms with van der Waals surface area (Å²) >= 11 is 1.56. The minimum absolute atomic E-state index is 0. The van der Waals surface area contributed by atoms with Crippen LogP contribution in [0.3, 0.4) is 0 Å². The van der Waals surface area contributed by atoms with Crippen molar-refractivity contribution in [3.8, 4) is 6.07 Å². The zero-order chi connectivity index (χ0) is 17.9. The van der Waals surface area contributed by atoms with Crippen LogP contribution in [0.25, 0.3) is 10.1 Å². The van der Waals surface area contributed by atoms with Gasteiger partial charge in [0.2, 0.25) is 0 Å². The predicted octanol–water partition coefficient (Wildman–Crippen LogP) is 4.70. The third-order valence-corrected chi connectivity index (χ3v) is 6.00. The number of rotatable bonds is 4. The fraction of sp³-hybridized carbons (Fsp3) is 0.286. The number of hydrogen-bond acceptors (Lipinski definition) is 4. The third kappa shape index (κ3) is 4.41. The van der Waals surface area contributed by atoms with Crippen LogP contribution in [0.1, 0.15) is 10.4 Å². The Morgan fingerprint density at radius 2 is 1.78 bits per heavy atom. The molecule has 1 aliphatic heterocycles. The molecule has 3 nitrogen and oxygen atoms in total. The number of hydrogen-bond donors (Lipinski definition) is 0. The van der Waals surface area contributed by atoms with E-state index in [1.165, 1.54) is 33.5 Å². The van der Waals surface area contributed by atoms with Crippen LogP contribution < -0.4 is 4.90 Å². The maximum absolute atomic E-state index is 13.0. The van der Waals surface area contributed by atoms with Gasteiger partial charge in [0.1, 0.15) is 16.8 Å². The quantitative estimate of drug-likeness (QED) is 0.634. The lowest BCUT2D eigenvalue weighted by atomic mass is 10.1. The summed E-state index contributed by atoms with van der Waals surface area (Å²) in [6.45, 7) is 5.01. The van der Waals surface area contributed by atoms with Crippen LogP contribution in [-0.2, 0) is 6.42 Å². The summed E-state index contributed by atoms with van der Waals surface area (Å²) in [5, 5.41) is 10.4. The van der Waals surface area contributed by atoms with Gasteiger partial charge >= 0.3 is 0 Å². The molecule has 0 bridgehead atoms. The lowest BCUT2D eigenvalue weighted by molar-refractivity contribution is 0.261. The smallest absolute Gasteiger partial charge is 0.123 e. The summed E-state index contributed by atoms with van der Waals surface area (Å²) in [5.74, 6) is -0.176. The van der Waals surface area contributed by atoms with Crippen molar-refractivity contribution in [2.24, 2.45) is 0 Å². The highest BCUT2D eigenvalue weighted by molar-refractivity contribution is 7.19. The van der Waals surface area contributed by atoms with Gasteiger partial charge in [-0.25, -0.2) is 4.39 Å². The normalized spacial score (nSPS) is 14.7. The monoisotopic (exact) mass is 401 g/mol. The Balaban J connectivity index is 0.00000210. The molecule has 1 saturated heterocycles. The lowest BCUT2D eigenvalue weighted by Crippen LogP contribution is -2.47. The van der Waals surface area contributed by atoms with E-state index in [2.05, 4.69) is 34.1 Å². The van der Waals surface area contributed by atoms with Crippen molar-refractivity contribution < 1.29 is 4.39 Å². The van der Waals surface area contributed by atoms with Crippen LogP contribution in [0, 0.1) is 17.1 Å². The predicted molar refractivity (Wildman–Crippen MR) is 113 cm³/mol. The second-order valence-electron chi connectivity index (χ2n) is 6.62. The number of thiophene rings is 1. The zero-order valence-electron chi connectivity index (χ0n) is 14.9. The largest absolute Gasteiger partial charge is 0.368 e. The Morgan fingerprint density at radius 3 is 2.48 bits per heavy atom. The molecule has 27 heavy (non-hydrogen) atoms. The van der Waals surface area contributed by atoms with Crippen molar-refractivity contribution in [1.29, 1.82) is 5.26 Å². The molecule has 0 spiro atoms. The van der Waals surface area contributed by atoms with Gasteiger partial charge in [-0.3, -0.25) is 4.90 Å². The van der Waals surface area contributed by atoms with Crippen LogP contribution in [-0.4, -0.2) is 37.6 Å². The average Bonchev–Trinajstić information content (AvgIpc) is 3.11. The van der Waals surface area contributed by atoms with E-state index < -0.39 is 0 Å². The molecule has 0 amide bonds. The summed E-state index contributed by atoms with van der Waals surface area (Å²) in [7, 11) is 0. The van der Waals surface area contributed by atoms with Crippen LogP contribution in [0.2, 0.25) is 0 Å². The minimum Gasteiger partial charge on any atom is -0.368 e.